The maximum Gasteiger partial charge on any atom is 0.417 e. The first kappa shape index (κ1) is 22.8. The quantitative estimate of drug-likeness (QED) is 0.457. The lowest BCUT2D eigenvalue weighted by Crippen LogP contribution is -2.44. The van der Waals surface area contributed by atoms with Gasteiger partial charge in [0.05, 0.1) is 24.0 Å². The van der Waals surface area contributed by atoms with Crippen molar-refractivity contribution in [3.63, 3.8) is 0 Å². The van der Waals surface area contributed by atoms with Crippen LogP contribution in [0.15, 0.2) is 24.7 Å². The van der Waals surface area contributed by atoms with Crippen LogP contribution in [0.3, 0.4) is 0 Å². The van der Waals surface area contributed by atoms with Crippen LogP contribution in [0, 0.1) is 5.92 Å². The summed E-state index contributed by atoms with van der Waals surface area (Å²) >= 11 is 0. The predicted octanol–water partition coefficient (Wildman–Crippen LogP) is 2.62. The van der Waals surface area contributed by atoms with Crippen LogP contribution in [0.2, 0.25) is 0 Å². The number of aromatic amines is 1. The molecule has 3 aromatic rings. The maximum atomic E-state index is 13.2. The maximum absolute atomic E-state index is 13.2. The summed E-state index contributed by atoms with van der Waals surface area (Å²) in [4.78, 5) is 29.0. The van der Waals surface area contributed by atoms with Crippen molar-refractivity contribution in [2.24, 2.45) is 11.7 Å². The molecule has 9 nitrogen and oxygen atoms in total. The second-order valence-corrected chi connectivity index (χ2v) is 8.17. The number of nitrogens with two attached hydrogens (primary N) is 2. The third-order valence-corrected chi connectivity index (χ3v) is 6.06. The van der Waals surface area contributed by atoms with Gasteiger partial charge in [-0.15, -0.1) is 0 Å². The summed E-state index contributed by atoms with van der Waals surface area (Å²) in [7, 11) is 0. The minimum atomic E-state index is -4.51. The number of alkyl halides is 3. The van der Waals surface area contributed by atoms with Gasteiger partial charge in [-0.05, 0) is 31.7 Å². The third kappa shape index (κ3) is 4.70. The number of fused-ring (bicyclic) bond motifs is 1. The lowest BCUT2D eigenvalue weighted by Gasteiger charge is -2.35. The van der Waals surface area contributed by atoms with E-state index < -0.39 is 11.7 Å². The van der Waals surface area contributed by atoms with E-state index in [1.165, 1.54) is 12.4 Å². The summed E-state index contributed by atoms with van der Waals surface area (Å²) in [5.41, 5.74) is 11.9. The number of piperidine rings is 1. The molecule has 3 aromatic heterocycles. The first-order chi connectivity index (χ1) is 15.7. The van der Waals surface area contributed by atoms with Gasteiger partial charge in [-0.25, -0.2) is 15.0 Å². The topological polar surface area (TPSA) is 139 Å². The number of anilines is 2. The highest BCUT2D eigenvalue weighted by molar-refractivity contribution is 5.95. The molecule has 1 aliphatic rings. The van der Waals surface area contributed by atoms with E-state index in [1.54, 1.807) is 4.90 Å². The monoisotopic (exact) mass is 462 g/mol. The van der Waals surface area contributed by atoms with E-state index in [-0.39, 0.29) is 29.6 Å². The van der Waals surface area contributed by atoms with E-state index in [0.717, 1.165) is 25.1 Å². The summed E-state index contributed by atoms with van der Waals surface area (Å²) in [6.07, 6.45) is 0.867. The Bertz CT molecular complexity index is 1150. The van der Waals surface area contributed by atoms with E-state index in [9.17, 15) is 18.0 Å². The Kier molecular flexibility index (Phi) is 6.11. The van der Waals surface area contributed by atoms with Crippen LogP contribution < -0.4 is 16.8 Å². The highest BCUT2D eigenvalue weighted by Gasteiger charge is 2.32. The average molecular weight is 462 g/mol. The summed E-state index contributed by atoms with van der Waals surface area (Å²) in [6, 6.07) is 1.04. The number of likely N-dealkylation sites (tertiary alicyclic amines) is 1. The van der Waals surface area contributed by atoms with Gasteiger partial charge in [0.2, 0.25) is 11.9 Å². The molecule has 0 unspecified atom stereocenters. The summed E-state index contributed by atoms with van der Waals surface area (Å²) in [5.74, 6) is 0.562. The Morgan fingerprint density at radius 1 is 1.30 bits per heavy atom. The predicted molar refractivity (Wildman–Crippen MR) is 118 cm³/mol. The molecule has 0 aromatic carbocycles. The first-order valence-electron chi connectivity index (χ1n) is 10.6. The Morgan fingerprint density at radius 2 is 2.03 bits per heavy atom. The van der Waals surface area contributed by atoms with Crippen LogP contribution in [0.5, 0.6) is 0 Å². The molecule has 6 N–H and O–H groups in total. The van der Waals surface area contributed by atoms with Crippen molar-refractivity contribution in [3.05, 3.63) is 30.2 Å². The highest BCUT2D eigenvalue weighted by atomic mass is 19.4. The number of nitrogens with zero attached hydrogens (tertiary/aromatic N) is 4. The number of carbonyl (C=O) groups excluding carboxylic acids is 1. The van der Waals surface area contributed by atoms with Crippen molar-refractivity contribution in [2.45, 2.75) is 32.0 Å². The fraction of sp³-hybridized carbons (Fsp3) is 0.429. The molecule has 176 valence electrons. The van der Waals surface area contributed by atoms with Crippen molar-refractivity contribution >= 4 is 28.6 Å². The third-order valence-electron chi connectivity index (χ3n) is 6.06. The van der Waals surface area contributed by atoms with E-state index >= 15 is 0 Å². The number of pyridine rings is 1. The number of halogens is 3. The zero-order valence-electron chi connectivity index (χ0n) is 18.0. The fourth-order valence-electron chi connectivity index (χ4n) is 4.13. The highest BCUT2D eigenvalue weighted by Crippen LogP contribution is 2.35. The molecule has 0 aliphatic carbocycles. The molecule has 33 heavy (non-hydrogen) atoms. The minimum absolute atomic E-state index is 0.00828. The van der Waals surface area contributed by atoms with Crippen molar-refractivity contribution in [3.8, 4) is 11.3 Å². The van der Waals surface area contributed by atoms with Crippen molar-refractivity contribution in [1.82, 2.24) is 24.8 Å². The zero-order valence-corrected chi connectivity index (χ0v) is 18.0. The van der Waals surface area contributed by atoms with Gasteiger partial charge in [0.1, 0.15) is 11.3 Å². The molecule has 1 fully saturated rings. The van der Waals surface area contributed by atoms with Crippen molar-refractivity contribution < 1.29 is 18.0 Å². The van der Waals surface area contributed by atoms with E-state index in [1.807, 2.05) is 6.92 Å². The van der Waals surface area contributed by atoms with Gasteiger partial charge in [0.15, 0.2) is 0 Å². The van der Waals surface area contributed by atoms with E-state index in [4.69, 9.17) is 11.5 Å². The number of amides is 1. The molecule has 1 amide bonds. The molecule has 12 heteroatoms. The largest absolute Gasteiger partial charge is 0.417 e. The number of hydrogen-bond acceptors (Lipinski definition) is 7. The minimum Gasteiger partial charge on any atom is -0.396 e. The normalized spacial score (nSPS) is 16.2. The van der Waals surface area contributed by atoms with Gasteiger partial charge in [-0.1, -0.05) is 0 Å². The second kappa shape index (κ2) is 8.85. The Hall–Kier alpha value is -3.41. The van der Waals surface area contributed by atoms with Gasteiger partial charge in [0, 0.05) is 42.5 Å². The number of hydrogen-bond donors (Lipinski definition) is 4. The molecular formula is C21H25F3N8O. The molecule has 1 aliphatic heterocycles. The summed E-state index contributed by atoms with van der Waals surface area (Å²) in [6.45, 7) is 3.30. The van der Waals surface area contributed by atoms with Crippen LogP contribution in [-0.4, -0.2) is 56.4 Å². The molecular weight excluding hydrogens is 437 g/mol. The molecule has 4 heterocycles. The van der Waals surface area contributed by atoms with Crippen LogP contribution in [0.1, 0.15) is 25.3 Å². The number of nitrogens with one attached hydrogen (secondary N) is 2. The van der Waals surface area contributed by atoms with Crippen molar-refractivity contribution in [1.29, 1.82) is 0 Å². The standard InChI is InChI=1S/C21H25F3N8O/c1-11(12-2-4-32(5-3-12)17(33)7-25)30-20-29-10-16(26)18(31-20)15-9-28-19-14(15)6-13(8-27-19)21(22,23)24/h6,8-12H,2-5,7,25-26H2,1H3,(H,27,28)(H,29,30,31)/t11-/m1/s1. The van der Waals surface area contributed by atoms with Gasteiger partial charge in [-0.3, -0.25) is 4.79 Å². The second-order valence-electron chi connectivity index (χ2n) is 8.17. The average Bonchev–Trinajstić information content (AvgIpc) is 3.22. The van der Waals surface area contributed by atoms with Crippen LogP contribution in [-0.2, 0) is 11.0 Å². The molecule has 0 saturated carbocycles. The van der Waals surface area contributed by atoms with Gasteiger partial charge in [-0.2, -0.15) is 13.2 Å². The number of rotatable bonds is 5. The molecule has 1 atom stereocenters. The SMILES string of the molecule is C[C@@H](Nc1ncc(N)c(-c2c[nH]c3ncc(C(F)(F)F)cc23)n1)C1CCN(C(=O)CN)CC1. The van der Waals surface area contributed by atoms with Gasteiger partial charge >= 0.3 is 6.18 Å². The number of carbonyl (C=O) groups is 1. The zero-order chi connectivity index (χ0) is 23.8. The Balaban J connectivity index is 1.55. The lowest BCUT2D eigenvalue weighted by molar-refractivity contribution is -0.137. The van der Waals surface area contributed by atoms with Gasteiger partial charge in [0.25, 0.3) is 0 Å². The molecule has 0 bridgehead atoms. The smallest absolute Gasteiger partial charge is 0.396 e. The van der Waals surface area contributed by atoms with Crippen molar-refractivity contribution in [2.75, 3.05) is 30.7 Å². The number of aromatic nitrogens is 4. The summed E-state index contributed by atoms with van der Waals surface area (Å²) in [5, 5.41) is 3.54. The van der Waals surface area contributed by atoms with Gasteiger partial charge < -0.3 is 26.7 Å². The molecule has 0 spiro atoms. The van der Waals surface area contributed by atoms with Crippen LogP contribution in [0.4, 0.5) is 24.8 Å². The number of nitrogen functional groups attached to an aromatic ring is 1. The number of H-pyrrole nitrogens is 1. The van der Waals surface area contributed by atoms with Crippen LogP contribution in [0.25, 0.3) is 22.3 Å². The summed E-state index contributed by atoms with van der Waals surface area (Å²) < 4.78 is 39.5. The van der Waals surface area contributed by atoms with Crippen LogP contribution >= 0.6 is 0 Å². The lowest BCUT2D eigenvalue weighted by atomic mass is 9.90. The van der Waals surface area contributed by atoms with E-state index in [0.29, 0.717) is 41.9 Å². The molecule has 1 saturated heterocycles. The first-order valence-corrected chi connectivity index (χ1v) is 10.6. The van der Waals surface area contributed by atoms with E-state index in [2.05, 4.69) is 25.3 Å². The molecule has 4 rings (SSSR count). The Labute approximate surface area is 187 Å². The molecule has 0 radical (unpaired) electrons. The fourth-order valence-corrected chi connectivity index (χ4v) is 4.13. The Morgan fingerprint density at radius 3 is 2.70 bits per heavy atom.